The Balaban J connectivity index is 2.24. The second-order valence-electron chi connectivity index (χ2n) is 6.34. The molecule has 27 heavy (non-hydrogen) atoms. The molecular formula is C18H18N4O4S. The van der Waals surface area contributed by atoms with E-state index in [4.69, 9.17) is 12.2 Å². The van der Waals surface area contributed by atoms with E-state index in [1.54, 1.807) is 13.0 Å². The number of aromatic amines is 1. The van der Waals surface area contributed by atoms with Crippen molar-refractivity contribution in [3.05, 3.63) is 54.6 Å². The Kier molecular flexibility index (Phi) is 4.79. The Morgan fingerprint density at radius 3 is 2.81 bits per heavy atom. The monoisotopic (exact) mass is 386 g/mol. The number of nitro groups is 1. The quantitative estimate of drug-likeness (QED) is 0.466. The first kappa shape index (κ1) is 18.7. The molecule has 1 aliphatic heterocycles. The lowest BCUT2D eigenvalue weighted by atomic mass is 10.0. The standard InChI is InChI=1S/C18H18N4O4S/c1-4-9(2)21-17(24)14(16(23)20-18(21)27)8-12-10(3)19-15-6-5-11(22(25)26)7-13(12)15/h5-9,24H,4H2,1-3H3,(H,20,23,27)/b12-8+. The topological polar surface area (TPSA) is 114 Å². The maximum absolute atomic E-state index is 12.4. The fraction of sp³-hybridized carbons (Fsp3) is 0.278. The summed E-state index contributed by atoms with van der Waals surface area (Å²) in [5.74, 6) is -0.239. The number of rotatable bonds is 4. The van der Waals surface area contributed by atoms with Gasteiger partial charge in [-0.3, -0.25) is 29.5 Å². The zero-order valence-corrected chi connectivity index (χ0v) is 15.8. The van der Waals surface area contributed by atoms with Gasteiger partial charge in [0.15, 0.2) is 4.77 Å². The van der Waals surface area contributed by atoms with Crippen LogP contribution in [-0.4, -0.2) is 25.3 Å². The molecule has 1 aromatic heterocycles. The Morgan fingerprint density at radius 2 is 2.19 bits per heavy atom. The van der Waals surface area contributed by atoms with Gasteiger partial charge in [0.1, 0.15) is 5.56 Å². The SMILES string of the molecule is CCC(C)n1c(O)c(/C=C2\C(C)=Nc3ccc([N+](=O)[O-])cc32)c(=O)[nH]c1=S. The van der Waals surface area contributed by atoms with Gasteiger partial charge in [-0.15, -0.1) is 0 Å². The van der Waals surface area contributed by atoms with Gasteiger partial charge in [-0.05, 0) is 44.6 Å². The highest BCUT2D eigenvalue weighted by Gasteiger charge is 2.23. The average molecular weight is 386 g/mol. The molecule has 0 radical (unpaired) electrons. The maximum atomic E-state index is 12.4. The molecule has 0 bridgehead atoms. The highest BCUT2D eigenvalue weighted by Crippen LogP contribution is 2.38. The molecule has 1 atom stereocenters. The Bertz CT molecular complexity index is 1130. The molecule has 140 valence electrons. The molecule has 2 aromatic rings. The van der Waals surface area contributed by atoms with E-state index < -0.39 is 10.5 Å². The van der Waals surface area contributed by atoms with Crippen molar-refractivity contribution in [3.63, 3.8) is 0 Å². The van der Waals surface area contributed by atoms with Crippen LogP contribution in [0.5, 0.6) is 5.88 Å². The predicted octanol–water partition coefficient (Wildman–Crippen LogP) is 4.14. The van der Waals surface area contributed by atoms with Crippen molar-refractivity contribution < 1.29 is 10.0 Å². The molecule has 2 heterocycles. The number of benzene rings is 1. The van der Waals surface area contributed by atoms with E-state index in [-0.39, 0.29) is 27.9 Å². The first-order valence-electron chi connectivity index (χ1n) is 8.38. The van der Waals surface area contributed by atoms with Crippen molar-refractivity contribution in [3.8, 4) is 5.88 Å². The second-order valence-corrected chi connectivity index (χ2v) is 6.72. The van der Waals surface area contributed by atoms with Crippen molar-refractivity contribution in [1.29, 1.82) is 0 Å². The number of nitro benzene ring substituents is 1. The van der Waals surface area contributed by atoms with Crippen molar-refractivity contribution in [2.45, 2.75) is 33.2 Å². The number of fused-ring (bicyclic) bond motifs is 1. The van der Waals surface area contributed by atoms with Crippen LogP contribution in [0.15, 0.2) is 28.0 Å². The van der Waals surface area contributed by atoms with E-state index in [9.17, 15) is 20.0 Å². The number of hydrogen-bond acceptors (Lipinski definition) is 6. The average Bonchev–Trinajstić information content (AvgIpc) is 2.92. The molecule has 8 nitrogen and oxygen atoms in total. The molecule has 0 aliphatic carbocycles. The molecule has 0 saturated carbocycles. The maximum Gasteiger partial charge on any atom is 0.270 e. The number of aromatic hydroxyl groups is 1. The van der Waals surface area contributed by atoms with Gasteiger partial charge in [0.25, 0.3) is 11.2 Å². The van der Waals surface area contributed by atoms with Gasteiger partial charge in [-0.25, -0.2) is 0 Å². The van der Waals surface area contributed by atoms with E-state index in [0.717, 1.165) is 0 Å². The van der Waals surface area contributed by atoms with Crippen molar-refractivity contribution in [2.24, 2.45) is 4.99 Å². The highest BCUT2D eigenvalue weighted by atomic mass is 32.1. The molecule has 1 aromatic carbocycles. The zero-order valence-electron chi connectivity index (χ0n) is 15.0. The Hall–Kier alpha value is -3.07. The summed E-state index contributed by atoms with van der Waals surface area (Å²) in [5, 5.41) is 21.8. The van der Waals surface area contributed by atoms with Crippen LogP contribution in [-0.2, 0) is 0 Å². The number of nitrogens with one attached hydrogen (secondary N) is 1. The number of nitrogens with zero attached hydrogens (tertiary/aromatic N) is 3. The molecule has 0 spiro atoms. The van der Waals surface area contributed by atoms with Crippen LogP contribution in [0, 0.1) is 14.9 Å². The van der Waals surface area contributed by atoms with Gasteiger partial charge < -0.3 is 5.11 Å². The molecule has 0 amide bonds. The number of hydrogen-bond donors (Lipinski definition) is 2. The van der Waals surface area contributed by atoms with Crippen LogP contribution < -0.4 is 5.56 Å². The van der Waals surface area contributed by atoms with Gasteiger partial charge in [-0.1, -0.05) is 6.92 Å². The molecule has 2 N–H and O–H groups in total. The number of aliphatic imine (C=N–C) groups is 1. The van der Waals surface area contributed by atoms with Crippen molar-refractivity contribution in [1.82, 2.24) is 9.55 Å². The lowest BCUT2D eigenvalue weighted by molar-refractivity contribution is -0.384. The first-order chi connectivity index (χ1) is 12.7. The summed E-state index contributed by atoms with van der Waals surface area (Å²) < 4.78 is 1.63. The minimum Gasteiger partial charge on any atom is -0.494 e. The predicted molar refractivity (Wildman–Crippen MR) is 106 cm³/mol. The molecule has 3 rings (SSSR count). The van der Waals surface area contributed by atoms with Crippen LogP contribution in [0.25, 0.3) is 11.6 Å². The normalized spacial score (nSPS) is 15.5. The minimum atomic E-state index is -0.531. The van der Waals surface area contributed by atoms with Gasteiger partial charge in [0.05, 0.1) is 10.6 Å². The molecule has 1 unspecified atom stereocenters. The van der Waals surface area contributed by atoms with Gasteiger partial charge >= 0.3 is 0 Å². The highest BCUT2D eigenvalue weighted by molar-refractivity contribution is 7.71. The first-order valence-corrected chi connectivity index (χ1v) is 8.79. The fourth-order valence-corrected chi connectivity index (χ4v) is 3.35. The van der Waals surface area contributed by atoms with E-state index in [2.05, 4.69) is 9.98 Å². The third-order valence-electron chi connectivity index (χ3n) is 4.63. The van der Waals surface area contributed by atoms with Gasteiger partial charge in [0, 0.05) is 35.0 Å². The third-order valence-corrected chi connectivity index (χ3v) is 4.93. The summed E-state index contributed by atoms with van der Waals surface area (Å²) in [7, 11) is 0. The van der Waals surface area contributed by atoms with Gasteiger partial charge in [0.2, 0.25) is 5.88 Å². The molecule has 0 saturated heterocycles. The van der Waals surface area contributed by atoms with Crippen LogP contribution in [0.1, 0.15) is 44.4 Å². The van der Waals surface area contributed by atoms with E-state index in [1.807, 2.05) is 13.8 Å². The van der Waals surface area contributed by atoms with Crippen molar-refractivity contribution >= 4 is 41.0 Å². The number of aromatic nitrogens is 2. The molecular weight excluding hydrogens is 368 g/mol. The number of H-pyrrole nitrogens is 1. The number of non-ortho nitro benzene ring substituents is 1. The third kappa shape index (κ3) is 3.21. The summed E-state index contributed by atoms with van der Waals surface area (Å²) in [6.45, 7) is 5.57. The second kappa shape index (κ2) is 6.92. The van der Waals surface area contributed by atoms with Crippen LogP contribution in [0.2, 0.25) is 0 Å². The van der Waals surface area contributed by atoms with Crippen LogP contribution in [0.3, 0.4) is 0 Å². The smallest absolute Gasteiger partial charge is 0.270 e. The fourth-order valence-electron chi connectivity index (χ4n) is 2.99. The largest absolute Gasteiger partial charge is 0.494 e. The lowest BCUT2D eigenvalue weighted by Crippen LogP contribution is -2.19. The minimum absolute atomic E-state index is 0.0350. The molecule has 9 heteroatoms. The zero-order chi connectivity index (χ0) is 19.9. The summed E-state index contributed by atoms with van der Waals surface area (Å²) >= 11 is 5.17. The summed E-state index contributed by atoms with van der Waals surface area (Å²) in [6, 6.07) is 4.24. The van der Waals surface area contributed by atoms with E-state index >= 15 is 0 Å². The van der Waals surface area contributed by atoms with E-state index in [0.29, 0.717) is 29.0 Å². The Labute approximate surface area is 159 Å². The number of allylic oxidation sites excluding steroid dienone is 1. The summed E-state index contributed by atoms with van der Waals surface area (Å²) in [4.78, 5) is 30.0. The molecule has 0 fully saturated rings. The Morgan fingerprint density at radius 1 is 1.48 bits per heavy atom. The van der Waals surface area contributed by atoms with Crippen LogP contribution in [0.4, 0.5) is 11.4 Å². The summed E-state index contributed by atoms with van der Waals surface area (Å²) in [5.41, 5.74) is 1.69. The van der Waals surface area contributed by atoms with Crippen molar-refractivity contribution in [2.75, 3.05) is 0 Å². The van der Waals surface area contributed by atoms with Crippen LogP contribution >= 0.6 is 12.2 Å². The lowest BCUT2D eigenvalue weighted by Gasteiger charge is -2.17. The molecule has 1 aliphatic rings. The van der Waals surface area contributed by atoms with E-state index in [1.165, 1.54) is 22.8 Å². The summed E-state index contributed by atoms with van der Waals surface area (Å²) in [6.07, 6.45) is 2.20. The van der Waals surface area contributed by atoms with Gasteiger partial charge in [-0.2, -0.15) is 0 Å².